The lowest BCUT2D eigenvalue weighted by Gasteiger charge is -2.44. The van der Waals surface area contributed by atoms with E-state index in [0.717, 1.165) is 0 Å². The van der Waals surface area contributed by atoms with Gasteiger partial charge in [-0.1, -0.05) is 0 Å². The summed E-state index contributed by atoms with van der Waals surface area (Å²) in [5.74, 6) is -0.482. The first-order chi connectivity index (χ1) is 11.2. The van der Waals surface area contributed by atoms with Crippen LogP contribution >= 0.6 is 15.2 Å². The maximum Gasteiger partial charge on any atom is 0.354 e. The summed E-state index contributed by atoms with van der Waals surface area (Å²) < 4.78 is 60.2. The van der Waals surface area contributed by atoms with Gasteiger partial charge in [0.2, 0.25) is 0 Å². The lowest BCUT2D eigenvalue weighted by molar-refractivity contribution is 0.238. The van der Waals surface area contributed by atoms with Crippen LogP contribution < -0.4 is 5.32 Å². The Morgan fingerprint density at radius 2 is 1.71 bits per heavy atom. The maximum absolute atomic E-state index is 13.7. The summed E-state index contributed by atoms with van der Waals surface area (Å²) in [6, 6.07) is 4.01. The van der Waals surface area contributed by atoms with Gasteiger partial charge in [-0.05, 0) is 30.7 Å². The standard InChI is InChI=1S/C14H22FNO6P2/c1-14(24(18,21-4)22-5)9-13(23(17,19-2)20-3)11-8-10(15)6-7-12(11)16-14/h6-8,13,16H,9H2,1-5H3. The maximum atomic E-state index is 13.7. The van der Waals surface area contributed by atoms with Crippen molar-refractivity contribution in [3.05, 3.63) is 29.6 Å². The zero-order chi connectivity index (χ0) is 18.2. The van der Waals surface area contributed by atoms with E-state index in [1.54, 1.807) is 6.92 Å². The molecule has 0 saturated carbocycles. The van der Waals surface area contributed by atoms with Crippen LogP contribution in [0.4, 0.5) is 10.1 Å². The number of anilines is 1. The van der Waals surface area contributed by atoms with Crippen LogP contribution in [0.3, 0.4) is 0 Å². The summed E-state index contributed by atoms with van der Waals surface area (Å²) in [6.07, 6.45) is 0.0430. The molecule has 0 bridgehead atoms. The van der Waals surface area contributed by atoms with Gasteiger partial charge in [-0.15, -0.1) is 0 Å². The highest BCUT2D eigenvalue weighted by Gasteiger charge is 2.54. The predicted octanol–water partition coefficient (Wildman–Crippen LogP) is 4.37. The average molecular weight is 381 g/mol. The first kappa shape index (κ1) is 19.6. The first-order valence-corrected chi connectivity index (χ1v) is 10.3. The van der Waals surface area contributed by atoms with Gasteiger partial charge in [0.05, 0.1) is 5.66 Å². The normalized spacial score (nSPS) is 24.3. The number of nitrogens with one attached hydrogen (secondary N) is 1. The minimum atomic E-state index is -3.62. The molecule has 2 rings (SSSR count). The molecule has 0 aliphatic carbocycles. The van der Waals surface area contributed by atoms with Crippen LogP contribution in [-0.4, -0.2) is 33.7 Å². The Bertz CT molecular complexity index is 699. The van der Waals surface area contributed by atoms with E-state index < -0.39 is 31.9 Å². The number of fused-ring (bicyclic) bond motifs is 1. The van der Waals surface area contributed by atoms with Crippen LogP contribution in [0.1, 0.15) is 24.6 Å². The van der Waals surface area contributed by atoms with E-state index in [2.05, 4.69) is 5.32 Å². The zero-order valence-corrected chi connectivity index (χ0v) is 16.0. The van der Waals surface area contributed by atoms with Crippen LogP contribution in [-0.2, 0) is 27.2 Å². The molecule has 0 amide bonds. The average Bonchev–Trinajstić information content (AvgIpc) is 2.59. The fourth-order valence-electron chi connectivity index (χ4n) is 3.02. The van der Waals surface area contributed by atoms with Crippen molar-refractivity contribution in [3.63, 3.8) is 0 Å². The topological polar surface area (TPSA) is 83.1 Å². The third-order valence-electron chi connectivity index (χ3n) is 4.34. The fraction of sp³-hybridized carbons (Fsp3) is 0.571. The molecule has 2 atom stereocenters. The molecule has 0 fully saturated rings. The van der Waals surface area contributed by atoms with Gasteiger partial charge < -0.3 is 23.4 Å². The van der Waals surface area contributed by atoms with E-state index in [1.807, 2.05) is 0 Å². The molecule has 0 spiro atoms. The quantitative estimate of drug-likeness (QED) is 0.733. The predicted molar refractivity (Wildman–Crippen MR) is 89.0 cm³/mol. The number of halogens is 1. The molecule has 10 heteroatoms. The second-order valence-electron chi connectivity index (χ2n) is 5.62. The number of rotatable bonds is 6. The Balaban J connectivity index is 2.65. The van der Waals surface area contributed by atoms with Crippen molar-refractivity contribution < 1.29 is 31.6 Å². The molecular weight excluding hydrogens is 359 g/mol. The minimum absolute atomic E-state index is 0.0430. The number of hydrogen-bond donors (Lipinski definition) is 1. The molecule has 1 aromatic rings. The van der Waals surface area contributed by atoms with E-state index in [9.17, 15) is 13.5 Å². The van der Waals surface area contributed by atoms with Crippen molar-refractivity contribution in [2.75, 3.05) is 33.8 Å². The first-order valence-electron chi connectivity index (χ1n) is 7.19. The van der Waals surface area contributed by atoms with Gasteiger partial charge in [0, 0.05) is 40.5 Å². The summed E-state index contributed by atoms with van der Waals surface area (Å²) in [5, 5.41) is 1.89. The molecule has 1 N–H and O–H groups in total. The molecule has 1 aliphatic heterocycles. The van der Waals surface area contributed by atoms with E-state index >= 15 is 0 Å². The van der Waals surface area contributed by atoms with Crippen molar-refractivity contribution in [2.45, 2.75) is 24.3 Å². The molecular formula is C14H22FNO6P2. The second-order valence-corrected chi connectivity index (χ2v) is 10.8. The molecule has 136 valence electrons. The van der Waals surface area contributed by atoms with Gasteiger partial charge in [0.15, 0.2) is 0 Å². The molecule has 0 aromatic heterocycles. The smallest absolute Gasteiger partial charge is 0.354 e. The van der Waals surface area contributed by atoms with Gasteiger partial charge in [-0.2, -0.15) is 0 Å². The van der Waals surface area contributed by atoms with Crippen LogP contribution in [0.5, 0.6) is 0 Å². The van der Waals surface area contributed by atoms with Crippen molar-refractivity contribution in [1.29, 1.82) is 0 Å². The molecule has 24 heavy (non-hydrogen) atoms. The third kappa shape index (κ3) is 3.07. The summed E-state index contributed by atoms with van der Waals surface area (Å²) in [7, 11) is -2.15. The van der Waals surface area contributed by atoms with E-state index in [1.165, 1.54) is 46.6 Å². The van der Waals surface area contributed by atoms with Crippen molar-refractivity contribution >= 4 is 20.9 Å². The molecule has 2 unspecified atom stereocenters. The van der Waals surface area contributed by atoms with Crippen LogP contribution in [0, 0.1) is 5.82 Å². The molecule has 1 aliphatic rings. The highest BCUT2D eigenvalue weighted by Crippen LogP contribution is 2.71. The summed E-state index contributed by atoms with van der Waals surface area (Å²) in [5.41, 5.74) is 0.0696. The third-order valence-corrected chi connectivity index (χ3v) is 9.05. The molecule has 0 radical (unpaired) electrons. The van der Waals surface area contributed by atoms with Gasteiger partial charge in [-0.25, -0.2) is 4.39 Å². The van der Waals surface area contributed by atoms with Crippen molar-refractivity contribution in [3.8, 4) is 0 Å². The molecule has 0 saturated heterocycles. The Hall–Kier alpha value is -0.750. The monoisotopic (exact) mass is 381 g/mol. The van der Waals surface area contributed by atoms with Crippen LogP contribution in [0.15, 0.2) is 18.2 Å². The minimum Gasteiger partial charge on any atom is -0.369 e. The van der Waals surface area contributed by atoms with E-state index in [0.29, 0.717) is 11.3 Å². The summed E-state index contributed by atoms with van der Waals surface area (Å²) in [4.78, 5) is 0. The van der Waals surface area contributed by atoms with Crippen LogP contribution in [0.2, 0.25) is 0 Å². The van der Waals surface area contributed by atoms with Gasteiger partial charge in [0.1, 0.15) is 11.1 Å². The lowest BCUT2D eigenvalue weighted by Crippen LogP contribution is -2.41. The Morgan fingerprint density at radius 3 is 2.21 bits per heavy atom. The number of hydrogen-bond acceptors (Lipinski definition) is 7. The Kier molecular flexibility index (Phi) is 5.60. The largest absolute Gasteiger partial charge is 0.369 e. The van der Waals surface area contributed by atoms with Crippen molar-refractivity contribution in [2.24, 2.45) is 0 Å². The SMILES string of the molecule is COP(=O)(OC)C1CC(C)(P(=O)(OC)OC)Nc2ccc(F)cc21. The van der Waals surface area contributed by atoms with Crippen LogP contribution in [0.25, 0.3) is 0 Å². The number of benzene rings is 1. The van der Waals surface area contributed by atoms with Gasteiger partial charge in [-0.3, -0.25) is 9.13 Å². The fourth-order valence-corrected chi connectivity index (χ4v) is 6.58. The Morgan fingerprint density at radius 1 is 1.12 bits per heavy atom. The van der Waals surface area contributed by atoms with Gasteiger partial charge >= 0.3 is 15.2 Å². The highest BCUT2D eigenvalue weighted by atomic mass is 31.2. The van der Waals surface area contributed by atoms with Crippen molar-refractivity contribution in [1.82, 2.24) is 0 Å². The molecule has 7 nitrogen and oxygen atoms in total. The highest BCUT2D eigenvalue weighted by molar-refractivity contribution is 7.56. The molecule has 1 aromatic carbocycles. The lowest BCUT2D eigenvalue weighted by atomic mass is 9.97. The zero-order valence-electron chi connectivity index (χ0n) is 14.2. The Labute approximate surface area is 140 Å². The molecule has 1 heterocycles. The summed E-state index contributed by atoms with van der Waals surface area (Å²) >= 11 is 0. The van der Waals surface area contributed by atoms with E-state index in [4.69, 9.17) is 18.1 Å². The van der Waals surface area contributed by atoms with E-state index in [-0.39, 0.29) is 6.42 Å². The van der Waals surface area contributed by atoms with Gasteiger partial charge in [0.25, 0.3) is 0 Å². The summed E-state index contributed by atoms with van der Waals surface area (Å²) in [6.45, 7) is 1.63. The second kappa shape index (κ2) is 6.87.